The SMILES string of the molecule is CC.CC(C)C.O=Cc1cccc(C=O)c1. The zero-order valence-electron chi connectivity index (χ0n) is 10.9. The van der Waals surface area contributed by atoms with Gasteiger partial charge in [-0.2, -0.15) is 0 Å². The summed E-state index contributed by atoms with van der Waals surface area (Å²) in [5, 5.41) is 0. The molecule has 2 nitrogen and oxygen atoms in total. The van der Waals surface area contributed by atoms with E-state index in [9.17, 15) is 9.59 Å². The van der Waals surface area contributed by atoms with Gasteiger partial charge in [0.05, 0.1) is 0 Å². The Morgan fingerprint density at radius 3 is 1.50 bits per heavy atom. The molecule has 0 aliphatic carbocycles. The summed E-state index contributed by atoms with van der Waals surface area (Å²) in [5.74, 6) is 0.833. The molecule has 2 heteroatoms. The summed E-state index contributed by atoms with van der Waals surface area (Å²) in [7, 11) is 0. The molecule has 0 bridgehead atoms. The molecule has 90 valence electrons. The molecule has 1 aromatic rings. The summed E-state index contributed by atoms with van der Waals surface area (Å²) < 4.78 is 0. The summed E-state index contributed by atoms with van der Waals surface area (Å²) in [6.45, 7) is 10.5. The first-order chi connectivity index (χ1) is 7.60. The van der Waals surface area contributed by atoms with Crippen LogP contribution in [0.1, 0.15) is 55.3 Å². The van der Waals surface area contributed by atoms with E-state index in [0.29, 0.717) is 23.7 Å². The van der Waals surface area contributed by atoms with Crippen molar-refractivity contribution in [3.05, 3.63) is 35.4 Å². The van der Waals surface area contributed by atoms with Gasteiger partial charge in [-0.1, -0.05) is 52.8 Å². The molecule has 0 amide bonds. The summed E-state index contributed by atoms with van der Waals surface area (Å²) in [6.07, 6.45) is 1.43. The first-order valence-electron chi connectivity index (χ1n) is 5.60. The van der Waals surface area contributed by atoms with Crippen LogP contribution in [0.25, 0.3) is 0 Å². The molecule has 0 aromatic heterocycles. The van der Waals surface area contributed by atoms with E-state index >= 15 is 0 Å². The first-order valence-corrected chi connectivity index (χ1v) is 5.60. The Kier molecular flexibility index (Phi) is 12.3. The van der Waals surface area contributed by atoms with Gasteiger partial charge in [0.25, 0.3) is 0 Å². The van der Waals surface area contributed by atoms with Crippen LogP contribution in [-0.4, -0.2) is 12.6 Å². The number of aldehydes is 2. The van der Waals surface area contributed by atoms with E-state index in [1.54, 1.807) is 24.3 Å². The van der Waals surface area contributed by atoms with Crippen LogP contribution in [0, 0.1) is 5.92 Å². The van der Waals surface area contributed by atoms with Crippen molar-refractivity contribution in [1.29, 1.82) is 0 Å². The van der Waals surface area contributed by atoms with Crippen LogP contribution >= 0.6 is 0 Å². The quantitative estimate of drug-likeness (QED) is 0.709. The molecule has 0 unspecified atom stereocenters. The molecule has 1 rings (SSSR count). The molecule has 0 saturated carbocycles. The fourth-order valence-electron chi connectivity index (χ4n) is 0.706. The Balaban J connectivity index is 0. The molecule has 16 heavy (non-hydrogen) atoms. The lowest BCUT2D eigenvalue weighted by atomic mass is 10.2. The Morgan fingerprint density at radius 1 is 0.938 bits per heavy atom. The fraction of sp³-hybridized carbons (Fsp3) is 0.429. The third-order valence-corrected chi connectivity index (χ3v) is 1.18. The third-order valence-electron chi connectivity index (χ3n) is 1.18. The summed E-state index contributed by atoms with van der Waals surface area (Å²) in [5.41, 5.74) is 1.06. The van der Waals surface area contributed by atoms with Gasteiger partial charge in [-0.05, 0) is 12.0 Å². The summed E-state index contributed by atoms with van der Waals surface area (Å²) in [4.78, 5) is 20.3. The van der Waals surface area contributed by atoms with E-state index < -0.39 is 0 Å². The van der Waals surface area contributed by atoms with Gasteiger partial charge >= 0.3 is 0 Å². The molecular weight excluding hydrogens is 200 g/mol. The van der Waals surface area contributed by atoms with Crippen LogP contribution in [0.15, 0.2) is 24.3 Å². The molecule has 0 saturated heterocycles. The standard InChI is InChI=1S/C8H6O2.C4H10.C2H6/c9-5-7-2-1-3-8(4-7)6-10;1-4(2)3;1-2/h1-6H;4H,1-3H3;1-2H3. The van der Waals surface area contributed by atoms with Crippen molar-refractivity contribution in [3.63, 3.8) is 0 Å². The minimum atomic E-state index is 0.532. The molecule has 0 atom stereocenters. The van der Waals surface area contributed by atoms with Crippen LogP contribution in [0.5, 0.6) is 0 Å². The van der Waals surface area contributed by atoms with Gasteiger partial charge in [0.2, 0.25) is 0 Å². The molecular formula is C14H22O2. The number of rotatable bonds is 2. The Morgan fingerprint density at radius 2 is 1.25 bits per heavy atom. The minimum Gasteiger partial charge on any atom is -0.298 e. The lowest BCUT2D eigenvalue weighted by Crippen LogP contribution is -1.82. The van der Waals surface area contributed by atoms with Crippen molar-refractivity contribution in [1.82, 2.24) is 0 Å². The van der Waals surface area contributed by atoms with Gasteiger partial charge in [-0.15, -0.1) is 0 Å². The molecule has 0 N–H and O–H groups in total. The van der Waals surface area contributed by atoms with Gasteiger partial charge < -0.3 is 0 Å². The highest BCUT2D eigenvalue weighted by molar-refractivity contribution is 5.81. The predicted molar refractivity (Wildman–Crippen MR) is 69.1 cm³/mol. The van der Waals surface area contributed by atoms with Crippen LogP contribution in [0.2, 0.25) is 0 Å². The van der Waals surface area contributed by atoms with Crippen LogP contribution < -0.4 is 0 Å². The van der Waals surface area contributed by atoms with E-state index in [1.807, 2.05) is 13.8 Å². The number of hydrogen-bond donors (Lipinski definition) is 0. The molecule has 1 aromatic carbocycles. The number of carbonyl (C=O) groups is 2. The zero-order chi connectivity index (χ0) is 13.0. The molecule has 0 aliphatic heterocycles. The van der Waals surface area contributed by atoms with Crippen molar-refractivity contribution >= 4 is 12.6 Å². The first kappa shape index (κ1) is 17.0. The molecule has 0 aliphatic rings. The second-order valence-corrected chi connectivity index (χ2v) is 3.64. The normalized spacial score (nSPS) is 8.12. The topological polar surface area (TPSA) is 34.1 Å². The lowest BCUT2D eigenvalue weighted by molar-refractivity contribution is 0.112. The Hall–Kier alpha value is -1.44. The van der Waals surface area contributed by atoms with Crippen LogP contribution in [-0.2, 0) is 0 Å². The van der Waals surface area contributed by atoms with Crippen molar-refractivity contribution in [2.75, 3.05) is 0 Å². The Bertz CT molecular complexity index is 265. The van der Waals surface area contributed by atoms with E-state index in [1.165, 1.54) is 0 Å². The van der Waals surface area contributed by atoms with Gasteiger partial charge in [0.15, 0.2) is 0 Å². The van der Waals surface area contributed by atoms with Gasteiger partial charge in [0.1, 0.15) is 12.6 Å². The van der Waals surface area contributed by atoms with Crippen LogP contribution in [0.4, 0.5) is 0 Å². The minimum absolute atomic E-state index is 0.532. The molecule has 0 radical (unpaired) electrons. The monoisotopic (exact) mass is 222 g/mol. The van der Waals surface area contributed by atoms with Crippen molar-refractivity contribution < 1.29 is 9.59 Å². The van der Waals surface area contributed by atoms with Gasteiger partial charge in [0, 0.05) is 11.1 Å². The highest BCUT2D eigenvalue weighted by atomic mass is 16.1. The van der Waals surface area contributed by atoms with Crippen LogP contribution in [0.3, 0.4) is 0 Å². The summed E-state index contributed by atoms with van der Waals surface area (Å²) >= 11 is 0. The van der Waals surface area contributed by atoms with E-state index in [0.717, 1.165) is 5.92 Å². The smallest absolute Gasteiger partial charge is 0.150 e. The van der Waals surface area contributed by atoms with Crippen molar-refractivity contribution in [2.24, 2.45) is 5.92 Å². The maximum absolute atomic E-state index is 10.2. The maximum Gasteiger partial charge on any atom is 0.150 e. The zero-order valence-corrected chi connectivity index (χ0v) is 10.9. The van der Waals surface area contributed by atoms with Crippen molar-refractivity contribution in [3.8, 4) is 0 Å². The third kappa shape index (κ3) is 10.6. The van der Waals surface area contributed by atoms with E-state index in [4.69, 9.17) is 0 Å². The Labute approximate surface area is 98.7 Å². The fourth-order valence-corrected chi connectivity index (χ4v) is 0.706. The summed E-state index contributed by atoms with van der Waals surface area (Å²) in [6, 6.07) is 6.52. The second-order valence-electron chi connectivity index (χ2n) is 3.64. The molecule has 0 spiro atoms. The molecule has 0 heterocycles. The predicted octanol–water partition coefficient (Wildman–Crippen LogP) is 4.00. The van der Waals surface area contributed by atoms with Gasteiger partial charge in [-0.3, -0.25) is 9.59 Å². The second kappa shape index (κ2) is 11.6. The highest BCUT2D eigenvalue weighted by Crippen LogP contribution is 1.99. The van der Waals surface area contributed by atoms with Gasteiger partial charge in [-0.25, -0.2) is 0 Å². The maximum atomic E-state index is 10.2. The van der Waals surface area contributed by atoms with E-state index in [2.05, 4.69) is 20.8 Å². The van der Waals surface area contributed by atoms with Crippen molar-refractivity contribution in [2.45, 2.75) is 34.6 Å². The highest BCUT2D eigenvalue weighted by Gasteiger charge is 1.90. The number of hydrogen-bond acceptors (Lipinski definition) is 2. The van der Waals surface area contributed by atoms with E-state index in [-0.39, 0.29) is 0 Å². The number of benzene rings is 1. The average molecular weight is 222 g/mol. The number of carbonyl (C=O) groups excluding carboxylic acids is 2. The molecule has 0 fully saturated rings. The average Bonchev–Trinajstić information content (AvgIpc) is 2.31. The lowest BCUT2D eigenvalue weighted by Gasteiger charge is -1.89. The largest absolute Gasteiger partial charge is 0.298 e.